The lowest BCUT2D eigenvalue weighted by molar-refractivity contribution is -0.136. The van der Waals surface area contributed by atoms with Gasteiger partial charge in [0.15, 0.2) is 0 Å². The number of hydrogen-bond acceptors (Lipinski definition) is 4. The van der Waals surface area contributed by atoms with Crippen molar-refractivity contribution in [1.82, 2.24) is 4.90 Å². The summed E-state index contributed by atoms with van der Waals surface area (Å²) in [6, 6.07) is 10.8. The van der Waals surface area contributed by atoms with Crippen molar-refractivity contribution >= 4 is 20.1 Å². The molecule has 1 aromatic carbocycles. The zero-order valence-electron chi connectivity index (χ0n) is 19.5. The molecule has 2 amide bonds. The number of cyclic esters (lactones) is 1. The summed E-state index contributed by atoms with van der Waals surface area (Å²) >= 11 is 0. The molecule has 1 aromatic rings. The number of nitrogens with zero attached hydrogens (tertiary/aromatic N) is 1. The third-order valence-corrected chi connectivity index (χ3v) is 8.22. The van der Waals surface area contributed by atoms with Gasteiger partial charge in [-0.1, -0.05) is 82.1 Å². The summed E-state index contributed by atoms with van der Waals surface area (Å²) in [5.74, 6) is 0.171. The summed E-state index contributed by atoms with van der Waals surface area (Å²) in [7, 11) is -1.18. The predicted molar refractivity (Wildman–Crippen MR) is 126 cm³/mol. The Morgan fingerprint density at radius 2 is 1.87 bits per heavy atom. The van der Waals surface area contributed by atoms with Crippen LogP contribution in [0, 0.1) is 11.8 Å². The summed E-state index contributed by atoms with van der Waals surface area (Å²) in [4.78, 5) is 27.5. The fourth-order valence-electron chi connectivity index (χ4n) is 4.63. The molecular weight excluding hydrogens is 406 g/mol. The van der Waals surface area contributed by atoms with Crippen LogP contribution in [0.4, 0.5) is 4.79 Å². The van der Waals surface area contributed by atoms with Crippen molar-refractivity contribution in [3.63, 3.8) is 0 Å². The van der Waals surface area contributed by atoms with Gasteiger partial charge in [-0.05, 0) is 30.4 Å². The first-order chi connectivity index (χ1) is 14.8. The highest BCUT2D eigenvalue weighted by atomic mass is 28.3. The highest BCUT2D eigenvalue weighted by Gasteiger charge is 2.41. The van der Waals surface area contributed by atoms with Gasteiger partial charge >= 0.3 is 6.09 Å². The van der Waals surface area contributed by atoms with Crippen LogP contribution in [-0.4, -0.2) is 50.8 Å². The highest BCUT2D eigenvalue weighted by molar-refractivity contribution is 6.76. The van der Waals surface area contributed by atoms with E-state index in [-0.39, 0.29) is 24.5 Å². The van der Waals surface area contributed by atoms with Gasteiger partial charge < -0.3 is 9.47 Å². The number of rotatable bonds is 10. The molecule has 0 N–H and O–H groups in total. The van der Waals surface area contributed by atoms with E-state index >= 15 is 0 Å². The maximum absolute atomic E-state index is 13.6. The normalized spacial score (nSPS) is 21.2. The van der Waals surface area contributed by atoms with Crippen molar-refractivity contribution in [2.24, 2.45) is 11.8 Å². The zero-order chi connectivity index (χ0) is 22.3. The maximum atomic E-state index is 13.6. The molecule has 3 rings (SSSR count). The number of imide groups is 1. The van der Waals surface area contributed by atoms with Gasteiger partial charge in [0.1, 0.15) is 6.61 Å². The number of benzene rings is 1. The molecule has 2 aliphatic rings. The van der Waals surface area contributed by atoms with Crippen molar-refractivity contribution in [2.75, 3.05) is 19.8 Å². The molecule has 1 saturated heterocycles. The number of hydrogen-bond donors (Lipinski definition) is 0. The van der Waals surface area contributed by atoms with E-state index in [1.807, 2.05) is 30.3 Å². The highest BCUT2D eigenvalue weighted by Crippen LogP contribution is 2.31. The van der Waals surface area contributed by atoms with Crippen molar-refractivity contribution in [2.45, 2.75) is 76.7 Å². The van der Waals surface area contributed by atoms with E-state index in [4.69, 9.17) is 9.47 Å². The van der Waals surface area contributed by atoms with Crippen LogP contribution in [0.3, 0.4) is 0 Å². The molecule has 6 heteroatoms. The van der Waals surface area contributed by atoms with Crippen LogP contribution in [0.2, 0.25) is 25.7 Å². The average molecular weight is 446 g/mol. The van der Waals surface area contributed by atoms with Crippen LogP contribution in [0.5, 0.6) is 0 Å². The molecule has 1 aliphatic heterocycles. The van der Waals surface area contributed by atoms with Crippen LogP contribution in [-0.2, 0) is 20.7 Å². The van der Waals surface area contributed by atoms with E-state index in [2.05, 4.69) is 19.6 Å². The summed E-state index contributed by atoms with van der Waals surface area (Å²) in [6.45, 7) is 8.36. The van der Waals surface area contributed by atoms with Gasteiger partial charge in [0.25, 0.3) is 0 Å². The monoisotopic (exact) mass is 445 g/mol. The Balaban J connectivity index is 1.67. The van der Waals surface area contributed by atoms with E-state index in [0.29, 0.717) is 25.6 Å². The molecule has 1 aliphatic carbocycles. The first kappa shape index (κ1) is 24.0. The van der Waals surface area contributed by atoms with Crippen molar-refractivity contribution in [1.29, 1.82) is 0 Å². The Morgan fingerprint density at radius 3 is 2.55 bits per heavy atom. The Morgan fingerprint density at radius 1 is 1.16 bits per heavy atom. The zero-order valence-corrected chi connectivity index (χ0v) is 20.5. The SMILES string of the molecule is C[Si](C)(C)CCOC[C@H](CC1CCCCC1)C(=O)N1C(=O)OC[C@H]1Cc1ccccc1. The predicted octanol–water partition coefficient (Wildman–Crippen LogP) is 5.52. The molecule has 0 spiro atoms. The van der Waals surface area contributed by atoms with Gasteiger partial charge in [-0.15, -0.1) is 0 Å². The molecule has 2 fully saturated rings. The molecule has 0 unspecified atom stereocenters. The minimum atomic E-state index is -1.18. The van der Waals surface area contributed by atoms with Crippen molar-refractivity contribution in [3.05, 3.63) is 35.9 Å². The second-order valence-corrected chi connectivity index (χ2v) is 16.1. The molecule has 31 heavy (non-hydrogen) atoms. The van der Waals surface area contributed by atoms with Gasteiger partial charge in [0, 0.05) is 14.7 Å². The second kappa shape index (κ2) is 11.3. The van der Waals surface area contributed by atoms with Crippen molar-refractivity contribution < 1.29 is 19.1 Å². The van der Waals surface area contributed by atoms with Gasteiger partial charge in [-0.3, -0.25) is 4.79 Å². The second-order valence-electron chi connectivity index (χ2n) is 10.5. The lowest BCUT2D eigenvalue weighted by Crippen LogP contribution is -2.45. The van der Waals surface area contributed by atoms with Crippen LogP contribution in [0.1, 0.15) is 44.1 Å². The molecule has 2 atom stereocenters. The minimum absolute atomic E-state index is 0.109. The summed E-state index contributed by atoms with van der Waals surface area (Å²) in [6.07, 6.45) is 7.07. The van der Waals surface area contributed by atoms with Gasteiger partial charge in [-0.25, -0.2) is 9.69 Å². The Bertz CT molecular complexity index is 712. The molecule has 1 heterocycles. The largest absolute Gasteiger partial charge is 0.447 e. The van der Waals surface area contributed by atoms with E-state index in [0.717, 1.165) is 18.0 Å². The van der Waals surface area contributed by atoms with Crippen LogP contribution < -0.4 is 0 Å². The number of amides is 2. The first-order valence-corrected chi connectivity index (χ1v) is 15.7. The quantitative estimate of drug-likeness (QED) is 0.352. The van der Waals surface area contributed by atoms with Crippen LogP contribution in [0.15, 0.2) is 30.3 Å². The summed E-state index contributed by atoms with van der Waals surface area (Å²) in [5, 5.41) is 0. The van der Waals surface area contributed by atoms with E-state index < -0.39 is 14.2 Å². The van der Waals surface area contributed by atoms with Crippen LogP contribution in [0.25, 0.3) is 0 Å². The Hall–Kier alpha value is -1.66. The fourth-order valence-corrected chi connectivity index (χ4v) is 5.39. The summed E-state index contributed by atoms with van der Waals surface area (Å²) in [5.41, 5.74) is 1.11. The third-order valence-electron chi connectivity index (χ3n) is 6.52. The minimum Gasteiger partial charge on any atom is -0.447 e. The molecule has 0 bridgehead atoms. The maximum Gasteiger partial charge on any atom is 0.416 e. The molecule has 5 nitrogen and oxygen atoms in total. The number of carbonyl (C=O) groups is 2. The van der Waals surface area contributed by atoms with E-state index in [9.17, 15) is 9.59 Å². The first-order valence-electron chi connectivity index (χ1n) is 11.9. The summed E-state index contributed by atoms with van der Waals surface area (Å²) < 4.78 is 11.3. The Kier molecular flexibility index (Phi) is 8.73. The average Bonchev–Trinajstić information content (AvgIpc) is 3.10. The van der Waals surface area contributed by atoms with E-state index in [1.165, 1.54) is 37.0 Å². The molecule has 172 valence electrons. The molecule has 0 aromatic heterocycles. The smallest absolute Gasteiger partial charge is 0.416 e. The van der Waals surface area contributed by atoms with Gasteiger partial charge in [0.05, 0.1) is 18.6 Å². The van der Waals surface area contributed by atoms with Gasteiger partial charge in [-0.2, -0.15) is 0 Å². The van der Waals surface area contributed by atoms with E-state index in [1.54, 1.807) is 0 Å². The van der Waals surface area contributed by atoms with Crippen LogP contribution >= 0.6 is 0 Å². The lowest BCUT2D eigenvalue weighted by Gasteiger charge is -2.29. The standard InChI is InChI=1S/C25H39NO4Si/c1-31(2,3)15-14-29-18-22(16-20-10-6-4-7-11-20)24(27)26-23(19-30-25(26)28)17-21-12-8-5-9-13-21/h5,8-9,12-13,20,22-23H,4,6-7,10-11,14-19H2,1-3H3/t22-,23+/m0/s1. The lowest BCUT2D eigenvalue weighted by atomic mass is 9.82. The molecule has 1 saturated carbocycles. The topological polar surface area (TPSA) is 55.8 Å². The molecular formula is C25H39NO4Si. The number of carbonyl (C=O) groups excluding carboxylic acids is 2. The van der Waals surface area contributed by atoms with Crippen molar-refractivity contribution in [3.8, 4) is 0 Å². The van der Waals surface area contributed by atoms with Gasteiger partial charge in [0.2, 0.25) is 5.91 Å². The Labute approximate surface area is 188 Å². The number of ether oxygens (including phenoxy) is 2. The molecule has 0 radical (unpaired) electrons. The third kappa shape index (κ3) is 7.46. The fraction of sp³-hybridized carbons (Fsp3) is 0.680.